The van der Waals surface area contributed by atoms with Crippen LogP contribution >= 0.6 is 0 Å². The number of hydrogen-bond acceptors (Lipinski definition) is 6. The molecule has 0 heterocycles. The van der Waals surface area contributed by atoms with Crippen molar-refractivity contribution in [3.63, 3.8) is 0 Å². The molecule has 0 radical (unpaired) electrons. The Hall–Kier alpha value is -4.13. The lowest BCUT2D eigenvalue weighted by Gasteiger charge is -2.32. The van der Waals surface area contributed by atoms with Crippen molar-refractivity contribution in [2.45, 2.75) is 52.2 Å². The maximum Gasteiger partial charge on any atom is 0.411 e. The van der Waals surface area contributed by atoms with Gasteiger partial charge in [0, 0.05) is 6.04 Å². The molecule has 1 unspecified atom stereocenters. The van der Waals surface area contributed by atoms with Crippen LogP contribution in [-0.4, -0.2) is 35.0 Å². The molecule has 1 atom stereocenters. The minimum absolute atomic E-state index is 0.00253. The summed E-state index contributed by atoms with van der Waals surface area (Å²) in [4.78, 5) is 40.8. The summed E-state index contributed by atoms with van der Waals surface area (Å²) in [7, 11) is 0. The van der Waals surface area contributed by atoms with Gasteiger partial charge in [0.15, 0.2) is 0 Å². The van der Waals surface area contributed by atoms with Gasteiger partial charge in [0.05, 0.1) is 0 Å². The molecule has 0 saturated carbocycles. The number of amides is 1. The molecule has 188 valence electrons. The lowest BCUT2D eigenvalue weighted by Crippen LogP contribution is -2.54. The first-order valence-corrected chi connectivity index (χ1v) is 11.9. The molecule has 0 bridgehead atoms. The number of carbonyl (C=O) groups excluding carboxylic acids is 3. The second kappa shape index (κ2) is 13.7. The van der Waals surface area contributed by atoms with E-state index >= 15 is 0 Å². The molecule has 0 spiro atoms. The molecule has 0 saturated heterocycles. The molecule has 0 N–H and O–H groups in total. The quantitative estimate of drug-likeness (QED) is 0.207. The molecule has 36 heavy (non-hydrogen) atoms. The number of hydrogen-bond donors (Lipinski definition) is 0. The van der Waals surface area contributed by atoms with Gasteiger partial charge in [0.25, 0.3) is 0 Å². The van der Waals surface area contributed by atoms with Crippen LogP contribution < -0.4 is 0 Å². The molecular formula is C29H31NO6. The van der Waals surface area contributed by atoms with Crippen molar-refractivity contribution < 1.29 is 28.6 Å². The van der Waals surface area contributed by atoms with Crippen molar-refractivity contribution in [1.29, 1.82) is 0 Å². The van der Waals surface area contributed by atoms with E-state index in [1.807, 2.05) is 73.7 Å². The summed E-state index contributed by atoms with van der Waals surface area (Å²) in [6, 6.07) is 25.2. The van der Waals surface area contributed by atoms with E-state index in [4.69, 9.17) is 14.2 Å². The van der Waals surface area contributed by atoms with Gasteiger partial charge in [-0.1, -0.05) is 97.9 Å². The summed E-state index contributed by atoms with van der Waals surface area (Å²) in [6.07, 6.45) is -0.318. The Morgan fingerprint density at radius 3 is 1.36 bits per heavy atom. The van der Waals surface area contributed by atoms with Gasteiger partial charge in [-0.05, 0) is 30.0 Å². The van der Waals surface area contributed by atoms with Crippen molar-refractivity contribution in [2.75, 3.05) is 0 Å². The highest BCUT2D eigenvalue weighted by Gasteiger charge is 2.42. The topological polar surface area (TPSA) is 82.1 Å². The molecule has 3 aromatic carbocycles. The van der Waals surface area contributed by atoms with Crippen LogP contribution in [0.5, 0.6) is 0 Å². The Bertz CT molecular complexity index is 1050. The zero-order chi connectivity index (χ0) is 25.8. The van der Waals surface area contributed by atoms with Crippen LogP contribution in [0.4, 0.5) is 4.79 Å². The summed E-state index contributed by atoms with van der Waals surface area (Å²) in [5.74, 6) is -1.76. The molecule has 1 amide bonds. The van der Waals surface area contributed by atoms with E-state index in [9.17, 15) is 14.4 Å². The van der Waals surface area contributed by atoms with Gasteiger partial charge in [-0.3, -0.25) is 4.90 Å². The largest absolute Gasteiger partial charge is 0.459 e. The zero-order valence-corrected chi connectivity index (χ0v) is 20.5. The fourth-order valence-electron chi connectivity index (χ4n) is 3.47. The van der Waals surface area contributed by atoms with E-state index < -0.39 is 30.1 Å². The average Bonchev–Trinajstić information content (AvgIpc) is 2.93. The fraction of sp³-hybridized carbons (Fsp3) is 0.276. The Balaban J connectivity index is 1.80. The van der Waals surface area contributed by atoms with Crippen molar-refractivity contribution >= 4 is 18.0 Å². The summed E-state index contributed by atoms with van der Waals surface area (Å²) >= 11 is 0. The molecule has 0 aliphatic rings. The van der Waals surface area contributed by atoms with Crippen molar-refractivity contribution in [1.82, 2.24) is 4.90 Å². The molecule has 0 aliphatic heterocycles. The minimum Gasteiger partial charge on any atom is -0.459 e. The van der Waals surface area contributed by atoms with Crippen LogP contribution in [0.25, 0.3) is 0 Å². The van der Waals surface area contributed by atoms with E-state index in [1.165, 1.54) is 0 Å². The number of rotatable bonds is 11. The molecular weight excluding hydrogens is 458 g/mol. The monoisotopic (exact) mass is 489 g/mol. The predicted octanol–water partition coefficient (Wildman–Crippen LogP) is 5.28. The average molecular weight is 490 g/mol. The second-order valence-electron chi connectivity index (χ2n) is 8.29. The number of carbonyl (C=O) groups is 3. The third-order valence-corrected chi connectivity index (χ3v) is 5.65. The number of esters is 2. The van der Waals surface area contributed by atoms with Crippen LogP contribution in [0.2, 0.25) is 0 Å². The van der Waals surface area contributed by atoms with Crippen LogP contribution in [0.1, 0.15) is 37.0 Å². The van der Waals surface area contributed by atoms with Crippen molar-refractivity contribution in [3.05, 3.63) is 108 Å². The van der Waals surface area contributed by atoms with Gasteiger partial charge in [0.1, 0.15) is 19.8 Å². The third kappa shape index (κ3) is 7.70. The molecule has 7 nitrogen and oxygen atoms in total. The summed E-state index contributed by atoms with van der Waals surface area (Å²) < 4.78 is 16.4. The minimum atomic E-state index is -1.62. The van der Waals surface area contributed by atoms with Gasteiger partial charge >= 0.3 is 18.0 Å². The van der Waals surface area contributed by atoms with E-state index in [1.54, 1.807) is 31.2 Å². The normalized spacial score (nSPS) is 11.4. The van der Waals surface area contributed by atoms with Gasteiger partial charge < -0.3 is 14.2 Å². The Morgan fingerprint density at radius 2 is 1.00 bits per heavy atom. The highest BCUT2D eigenvalue weighted by atomic mass is 16.6. The molecule has 0 aromatic heterocycles. The van der Waals surface area contributed by atoms with Gasteiger partial charge in [0.2, 0.25) is 6.04 Å². The summed E-state index contributed by atoms with van der Waals surface area (Å²) in [5, 5.41) is 0. The second-order valence-corrected chi connectivity index (χ2v) is 8.29. The lowest BCUT2D eigenvalue weighted by molar-refractivity contribution is -0.166. The molecule has 0 aliphatic carbocycles. The van der Waals surface area contributed by atoms with Crippen LogP contribution in [-0.2, 0) is 43.6 Å². The van der Waals surface area contributed by atoms with E-state index in [2.05, 4.69) is 0 Å². The van der Waals surface area contributed by atoms with Gasteiger partial charge in [-0.25, -0.2) is 14.4 Å². The van der Waals surface area contributed by atoms with E-state index in [0.717, 1.165) is 21.6 Å². The first-order chi connectivity index (χ1) is 17.5. The number of ether oxygens (including phenoxy) is 3. The predicted molar refractivity (Wildman–Crippen MR) is 134 cm³/mol. The first kappa shape index (κ1) is 26.5. The zero-order valence-electron chi connectivity index (χ0n) is 20.5. The maximum atomic E-state index is 13.2. The maximum absolute atomic E-state index is 13.2. The molecule has 3 aromatic rings. The van der Waals surface area contributed by atoms with Crippen molar-refractivity contribution in [3.8, 4) is 0 Å². The SMILES string of the molecule is CCC(C)N(C(=O)OCc1ccccc1)C(C(=O)OCc1ccccc1)C(=O)OCc1ccccc1. The standard InChI is InChI=1S/C29H31NO6/c1-3-22(2)30(29(33)36-21-25-17-11-6-12-18-25)26(27(31)34-19-23-13-7-4-8-14-23)28(32)35-20-24-15-9-5-10-16-24/h4-18,22,26H,3,19-21H2,1-2H3. The van der Waals surface area contributed by atoms with Gasteiger partial charge in [-0.2, -0.15) is 0 Å². The van der Waals surface area contributed by atoms with Crippen LogP contribution in [0, 0.1) is 0 Å². The molecule has 3 rings (SSSR count). The number of nitrogens with zero attached hydrogens (tertiary/aromatic N) is 1. The first-order valence-electron chi connectivity index (χ1n) is 11.9. The van der Waals surface area contributed by atoms with E-state index in [0.29, 0.717) is 6.42 Å². The smallest absolute Gasteiger partial charge is 0.411 e. The van der Waals surface area contributed by atoms with Crippen LogP contribution in [0.3, 0.4) is 0 Å². The Kier molecular flexibility index (Phi) is 10.1. The lowest BCUT2D eigenvalue weighted by atomic mass is 10.1. The highest BCUT2D eigenvalue weighted by Crippen LogP contribution is 2.17. The Labute approximate surface area is 211 Å². The van der Waals surface area contributed by atoms with Crippen LogP contribution in [0.15, 0.2) is 91.0 Å². The molecule has 7 heteroatoms. The summed E-state index contributed by atoms with van der Waals surface area (Å²) in [6.45, 7) is 3.50. The van der Waals surface area contributed by atoms with Crippen molar-refractivity contribution in [2.24, 2.45) is 0 Å². The van der Waals surface area contributed by atoms with E-state index in [-0.39, 0.29) is 19.8 Å². The van der Waals surface area contributed by atoms with Gasteiger partial charge in [-0.15, -0.1) is 0 Å². The summed E-state index contributed by atoms with van der Waals surface area (Å²) in [5.41, 5.74) is 2.29. The molecule has 0 fully saturated rings. The Morgan fingerprint density at radius 1 is 0.639 bits per heavy atom. The highest BCUT2D eigenvalue weighted by molar-refractivity contribution is 6.01. The fourth-order valence-corrected chi connectivity index (χ4v) is 3.47. The third-order valence-electron chi connectivity index (χ3n) is 5.65. The number of benzene rings is 3.